The normalized spacial score (nSPS) is 26.0. The van der Waals surface area contributed by atoms with Gasteiger partial charge in [-0.2, -0.15) is 0 Å². The van der Waals surface area contributed by atoms with Crippen LogP contribution in [0.2, 0.25) is 0 Å². The van der Waals surface area contributed by atoms with Crippen molar-refractivity contribution < 1.29 is 14.6 Å². The molecule has 2 aliphatic heterocycles. The second-order valence-corrected chi connectivity index (χ2v) is 6.31. The van der Waals surface area contributed by atoms with Crippen molar-refractivity contribution in [3.8, 4) is 17.2 Å². The summed E-state index contributed by atoms with van der Waals surface area (Å²) in [5, 5.41) is 10.0. The van der Waals surface area contributed by atoms with Gasteiger partial charge < -0.3 is 14.6 Å². The molecule has 0 unspecified atom stereocenters. The van der Waals surface area contributed by atoms with E-state index in [1.54, 1.807) is 14.2 Å². The van der Waals surface area contributed by atoms with E-state index in [4.69, 9.17) is 9.47 Å². The number of benzene rings is 1. The molecular weight excluding hydrogens is 280 g/mol. The monoisotopic (exact) mass is 306 g/mol. The number of phenols is 1. The van der Waals surface area contributed by atoms with Gasteiger partial charge in [-0.15, -0.1) is 0 Å². The molecule has 22 heavy (non-hydrogen) atoms. The summed E-state index contributed by atoms with van der Waals surface area (Å²) >= 11 is 0. The zero-order chi connectivity index (χ0) is 15.7. The fraction of sp³-hybridized carbons (Fsp3) is 0.647. The van der Waals surface area contributed by atoms with E-state index < -0.39 is 0 Å². The fourth-order valence-electron chi connectivity index (χ4n) is 3.88. The summed E-state index contributed by atoms with van der Waals surface area (Å²) in [4.78, 5) is 5.15. The molecule has 5 heteroatoms. The van der Waals surface area contributed by atoms with Gasteiger partial charge in [0.25, 0.3) is 0 Å². The van der Waals surface area contributed by atoms with Crippen molar-refractivity contribution in [3.63, 3.8) is 0 Å². The number of piperazine rings is 1. The van der Waals surface area contributed by atoms with Crippen LogP contribution in [-0.4, -0.2) is 60.8 Å². The third kappa shape index (κ3) is 2.75. The SMILES string of the molecule is COc1cc(CN2CCN3CCC[C@H]3[C@@H]2C)cc(OC)c1O. The molecular formula is C17H26N2O3. The molecule has 0 amide bonds. The minimum absolute atomic E-state index is 0.0717. The number of hydrogen-bond acceptors (Lipinski definition) is 5. The van der Waals surface area contributed by atoms with E-state index in [1.165, 1.54) is 19.4 Å². The van der Waals surface area contributed by atoms with Gasteiger partial charge in [-0.1, -0.05) is 0 Å². The van der Waals surface area contributed by atoms with Gasteiger partial charge in [-0.3, -0.25) is 9.80 Å². The molecule has 2 saturated heterocycles. The Hall–Kier alpha value is -1.46. The number of hydrogen-bond donors (Lipinski definition) is 1. The highest BCUT2D eigenvalue weighted by molar-refractivity contribution is 5.52. The molecule has 1 N–H and O–H groups in total. The highest BCUT2D eigenvalue weighted by Gasteiger charge is 2.36. The zero-order valence-corrected chi connectivity index (χ0v) is 13.7. The maximum absolute atomic E-state index is 10.0. The van der Waals surface area contributed by atoms with Crippen LogP contribution in [0.25, 0.3) is 0 Å². The highest BCUT2D eigenvalue weighted by atomic mass is 16.5. The lowest BCUT2D eigenvalue weighted by molar-refractivity contribution is 0.0469. The Bertz CT molecular complexity index is 510. The summed E-state index contributed by atoms with van der Waals surface area (Å²) in [5.41, 5.74) is 1.12. The van der Waals surface area contributed by atoms with E-state index in [0.29, 0.717) is 23.6 Å². The molecule has 0 spiro atoms. The smallest absolute Gasteiger partial charge is 0.200 e. The van der Waals surface area contributed by atoms with E-state index in [2.05, 4.69) is 16.7 Å². The van der Waals surface area contributed by atoms with Crippen LogP contribution in [0.5, 0.6) is 17.2 Å². The molecule has 1 aromatic carbocycles. The summed E-state index contributed by atoms with van der Waals surface area (Å²) < 4.78 is 10.5. The third-order valence-corrected chi connectivity index (χ3v) is 5.15. The molecule has 3 rings (SSSR count). The summed E-state index contributed by atoms with van der Waals surface area (Å²) in [7, 11) is 3.14. The lowest BCUT2D eigenvalue weighted by atomic mass is 10.0. The maximum atomic E-state index is 10.0. The van der Waals surface area contributed by atoms with Crippen LogP contribution < -0.4 is 9.47 Å². The maximum Gasteiger partial charge on any atom is 0.200 e. The van der Waals surface area contributed by atoms with E-state index in [0.717, 1.165) is 25.2 Å². The van der Waals surface area contributed by atoms with Crippen LogP contribution in [0, 0.1) is 0 Å². The number of rotatable bonds is 4. The van der Waals surface area contributed by atoms with E-state index in [-0.39, 0.29) is 5.75 Å². The molecule has 122 valence electrons. The fourth-order valence-corrected chi connectivity index (χ4v) is 3.88. The van der Waals surface area contributed by atoms with Crippen LogP contribution >= 0.6 is 0 Å². The molecule has 0 radical (unpaired) electrons. The summed E-state index contributed by atoms with van der Waals surface area (Å²) in [6.07, 6.45) is 2.63. The number of ether oxygens (including phenoxy) is 2. The number of phenolic OH excluding ortho intramolecular Hbond substituents is 1. The first-order valence-corrected chi connectivity index (χ1v) is 8.06. The number of nitrogens with zero attached hydrogens (tertiary/aromatic N) is 2. The molecule has 0 bridgehead atoms. The van der Waals surface area contributed by atoms with E-state index >= 15 is 0 Å². The quantitative estimate of drug-likeness (QED) is 0.923. The standard InChI is InChI=1S/C17H26N2O3/c1-12-14-5-4-6-18(14)7-8-19(12)11-13-9-15(21-2)17(20)16(10-13)22-3/h9-10,12,14,20H,4-8,11H2,1-3H3/t12-,14-/m0/s1. The Labute approximate surface area is 132 Å². The number of fused-ring (bicyclic) bond motifs is 1. The summed E-state index contributed by atoms with van der Waals surface area (Å²) in [5.74, 6) is 1.02. The molecule has 5 nitrogen and oxygen atoms in total. The average Bonchev–Trinajstić information content (AvgIpc) is 3.01. The van der Waals surface area contributed by atoms with E-state index in [1.807, 2.05) is 12.1 Å². The highest BCUT2D eigenvalue weighted by Crippen LogP contribution is 2.38. The van der Waals surface area contributed by atoms with Gasteiger partial charge in [-0.25, -0.2) is 0 Å². The van der Waals surface area contributed by atoms with Crippen LogP contribution in [0.4, 0.5) is 0 Å². The molecule has 2 aliphatic rings. The molecule has 0 aliphatic carbocycles. The first-order chi connectivity index (χ1) is 10.6. The largest absolute Gasteiger partial charge is 0.502 e. The van der Waals surface area contributed by atoms with Crippen molar-refractivity contribution in [2.75, 3.05) is 33.9 Å². The molecule has 0 aromatic heterocycles. The zero-order valence-electron chi connectivity index (χ0n) is 13.7. The van der Waals surface area contributed by atoms with Gasteiger partial charge in [0.2, 0.25) is 5.75 Å². The molecule has 2 atom stereocenters. The van der Waals surface area contributed by atoms with Crippen LogP contribution in [-0.2, 0) is 6.54 Å². The minimum atomic E-state index is 0.0717. The minimum Gasteiger partial charge on any atom is -0.502 e. The Morgan fingerprint density at radius 1 is 1.14 bits per heavy atom. The van der Waals surface area contributed by atoms with Gasteiger partial charge in [0.1, 0.15) is 0 Å². The van der Waals surface area contributed by atoms with Gasteiger partial charge in [0, 0.05) is 31.7 Å². The van der Waals surface area contributed by atoms with Crippen molar-refractivity contribution in [1.29, 1.82) is 0 Å². The van der Waals surface area contributed by atoms with Crippen molar-refractivity contribution in [3.05, 3.63) is 17.7 Å². The molecule has 2 heterocycles. The summed E-state index contributed by atoms with van der Waals surface area (Å²) in [6, 6.07) is 5.06. The van der Waals surface area contributed by atoms with Crippen molar-refractivity contribution in [1.82, 2.24) is 9.80 Å². The Morgan fingerprint density at radius 2 is 1.82 bits per heavy atom. The molecule has 2 fully saturated rings. The Morgan fingerprint density at radius 3 is 2.45 bits per heavy atom. The topological polar surface area (TPSA) is 45.2 Å². The van der Waals surface area contributed by atoms with Gasteiger partial charge >= 0.3 is 0 Å². The molecule has 1 aromatic rings. The van der Waals surface area contributed by atoms with Gasteiger partial charge in [-0.05, 0) is 44.0 Å². The second kappa shape index (κ2) is 6.34. The first kappa shape index (κ1) is 15.4. The van der Waals surface area contributed by atoms with Crippen molar-refractivity contribution >= 4 is 0 Å². The van der Waals surface area contributed by atoms with Crippen LogP contribution in [0.3, 0.4) is 0 Å². The van der Waals surface area contributed by atoms with Crippen molar-refractivity contribution in [2.24, 2.45) is 0 Å². The van der Waals surface area contributed by atoms with Crippen LogP contribution in [0.1, 0.15) is 25.3 Å². The Kier molecular flexibility index (Phi) is 4.45. The second-order valence-electron chi connectivity index (χ2n) is 6.31. The van der Waals surface area contributed by atoms with E-state index in [9.17, 15) is 5.11 Å². The van der Waals surface area contributed by atoms with Crippen LogP contribution in [0.15, 0.2) is 12.1 Å². The number of methoxy groups -OCH3 is 2. The Balaban J connectivity index is 1.78. The predicted octanol–water partition coefficient (Wildman–Crippen LogP) is 2.08. The van der Waals surface area contributed by atoms with Gasteiger partial charge in [0.05, 0.1) is 14.2 Å². The van der Waals surface area contributed by atoms with Gasteiger partial charge in [0.15, 0.2) is 11.5 Å². The lowest BCUT2D eigenvalue weighted by Crippen LogP contribution is -2.55. The lowest BCUT2D eigenvalue weighted by Gasteiger charge is -2.43. The average molecular weight is 306 g/mol. The molecule has 0 saturated carbocycles. The van der Waals surface area contributed by atoms with Crippen molar-refractivity contribution in [2.45, 2.75) is 38.4 Å². The number of aromatic hydroxyl groups is 1. The third-order valence-electron chi connectivity index (χ3n) is 5.15. The predicted molar refractivity (Wildman–Crippen MR) is 85.7 cm³/mol. The first-order valence-electron chi connectivity index (χ1n) is 8.06. The summed E-state index contributed by atoms with van der Waals surface area (Å²) in [6.45, 7) is 6.68.